The number of imidazole rings is 1. The third-order valence-corrected chi connectivity index (χ3v) is 7.27. The highest BCUT2D eigenvalue weighted by Crippen LogP contribution is 2.32. The van der Waals surface area contributed by atoms with Crippen molar-refractivity contribution < 1.29 is 4.79 Å². The summed E-state index contributed by atoms with van der Waals surface area (Å²) in [6.45, 7) is 2.03. The van der Waals surface area contributed by atoms with Crippen LogP contribution in [0, 0.1) is 0 Å². The van der Waals surface area contributed by atoms with Gasteiger partial charge in [-0.15, -0.1) is 0 Å². The first-order valence-corrected chi connectivity index (χ1v) is 13.4. The third-order valence-electron chi connectivity index (χ3n) is 7.27. The van der Waals surface area contributed by atoms with Crippen molar-refractivity contribution in [3.63, 3.8) is 0 Å². The van der Waals surface area contributed by atoms with Gasteiger partial charge in [0.1, 0.15) is 11.2 Å². The van der Waals surface area contributed by atoms with Crippen molar-refractivity contribution in [3.8, 4) is 22.8 Å². The fraction of sp³-hybridized carbons (Fsp3) is 0.200. The van der Waals surface area contributed by atoms with Crippen LogP contribution in [0.4, 0.5) is 11.4 Å². The minimum absolute atomic E-state index is 0.103. The molecule has 0 unspecified atom stereocenters. The third kappa shape index (κ3) is 4.64. The van der Waals surface area contributed by atoms with Crippen LogP contribution in [0.2, 0.25) is 0 Å². The van der Waals surface area contributed by atoms with E-state index in [0.717, 1.165) is 51.8 Å². The average molecular weight is 530 g/mol. The Bertz CT molecular complexity index is 1820. The van der Waals surface area contributed by atoms with Crippen LogP contribution in [0.5, 0.6) is 0 Å². The number of nitrogens with zero attached hydrogens (tertiary/aromatic N) is 6. The zero-order chi connectivity index (χ0) is 26.9. The number of fused-ring (bicyclic) bond motifs is 2. The second-order valence-electron chi connectivity index (χ2n) is 10.0. The van der Waals surface area contributed by atoms with Crippen LogP contribution in [0.3, 0.4) is 0 Å². The first-order chi connectivity index (χ1) is 19.7. The van der Waals surface area contributed by atoms with Crippen molar-refractivity contribution in [2.45, 2.75) is 25.7 Å². The van der Waals surface area contributed by atoms with Gasteiger partial charge in [-0.25, -0.2) is 4.98 Å². The summed E-state index contributed by atoms with van der Waals surface area (Å²) < 4.78 is 0. The molecule has 1 saturated heterocycles. The van der Waals surface area contributed by atoms with Crippen molar-refractivity contribution >= 4 is 39.2 Å². The van der Waals surface area contributed by atoms with Gasteiger partial charge in [-0.1, -0.05) is 30.3 Å². The predicted octanol–water partition coefficient (Wildman–Crippen LogP) is 5.13. The summed E-state index contributed by atoms with van der Waals surface area (Å²) in [5.74, 6) is 0.568. The highest BCUT2D eigenvalue weighted by atomic mass is 16.1. The van der Waals surface area contributed by atoms with Crippen molar-refractivity contribution in [1.82, 2.24) is 35.1 Å². The number of aromatic amines is 2. The lowest BCUT2D eigenvalue weighted by molar-refractivity contribution is -0.115. The molecule has 198 valence electrons. The number of pyridine rings is 3. The van der Waals surface area contributed by atoms with Crippen LogP contribution >= 0.6 is 0 Å². The SMILES string of the molecule is O=C(Cc1ccccc1)Nc1cncc(-c2cc3c(-c4nc5c(N6CCCCC6)cncc5[nH]4)n[nH]c3cn2)c1. The van der Waals surface area contributed by atoms with E-state index in [4.69, 9.17) is 4.98 Å². The van der Waals surface area contributed by atoms with Crippen LogP contribution in [-0.2, 0) is 11.2 Å². The number of piperidine rings is 1. The minimum Gasteiger partial charge on any atom is -0.368 e. The monoisotopic (exact) mass is 529 g/mol. The molecule has 1 fully saturated rings. The lowest BCUT2D eigenvalue weighted by Gasteiger charge is -2.28. The Hall–Kier alpha value is -5.12. The van der Waals surface area contributed by atoms with Crippen molar-refractivity contribution in [1.29, 1.82) is 0 Å². The van der Waals surface area contributed by atoms with Crippen LogP contribution in [-0.4, -0.2) is 54.1 Å². The quantitative estimate of drug-likeness (QED) is 0.273. The van der Waals surface area contributed by atoms with Gasteiger partial charge in [-0.05, 0) is 37.0 Å². The molecule has 0 radical (unpaired) electrons. The molecule has 7 rings (SSSR count). The first kappa shape index (κ1) is 24.0. The zero-order valence-corrected chi connectivity index (χ0v) is 21.8. The summed E-state index contributed by atoms with van der Waals surface area (Å²) in [6, 6.07) is 13.5. The Morgan fingerprint density at radius 2 is 1.77 bits per heavy atom. The molecule has 6 aromatic rings. The van der Waals surface area contributed by atoms with Crippen LogP contribution < -0.4 is 10.2 Å². The Balaban J connectivity index is 1.19. The lowest BCUT2D eigenvalue weighted by atomic mass is 10.1. The van der Waals surface area contributed by atoms with Gasteiger partial charge < -0.3 is 15.2 Å². The average Bonchev–Trinajstić information content (AvgIpc) is 3.62. The maximum atomic E-state index is 12.6. The molecule has 1 aromatic carbocycles. The number of hydrogen-bond donors (Lipinski definition) is 3. The van der Waals surface area contributed by atoms with E-state index >= 15 is 0 Å². The van der Waals surface area contributed by atoms with Gasteiger partial charge in [-0.2, -0.15) is 5.10 Å². The molecule has 5 aromatic heterocycles. The minimum atomic E-state index is -0.103. The number of H-pyrrole nitrogens is 2. The number of rotatable bonds is 6. The number of amides is 1. The van der Waals surface area contributed by atoms with E-state index in [1.54, 1.807) is 18.6 Å². The largest absolute Gasteiger partial charge is 0.368 e. The molecule has 10 nitrogen and oxygen atoms in total. The summed E-state index contributed by atoms with van der Waals surface area (Å²) in [7, 11) is 0. The zero-order valence-electron chi connectivity index (χ0n) is 21.8. The van der Waals surface area contributed by atoms with Crippen LogP contribution in [0.15, 0.2) is 73.4 Å². The number of anilines is 2. The molecule has 40 heavy (non-hydrogen) atoms. The topological polar surface area (TPSA) is 128 Å². The molecule has 0 aliphatic carbocycles. The predicted molar refractivity (Wildman–Crippen MR) is 155 cm³/mol. The van der Waals surface area contributed by atoms with Gasteiger partial charge in [-0.3, -0.25) is 24.8 Å². The molecule has 10 heteroatoms. The fourth-order valence-corrected chi connectivity index (χ4v) is 5.29. The van der Waals surface area contributed by atoms with Gasteiger partial charge in [0.15, 0.2) is 5.82 Å². The Labute approximate surface area is 229 Å². The summed E-state index contributed by atoms with van der Waals surface area (Å²) in [5.41, 5.74) is 7.41. The number of carbonyl (C=O) groups is 1. The van der Waals surface area contributed by atoms with E-state index < -0.39 is 0 Å². The van der Waals surface area contributed by atoms with Gasteiger partial charge >= 0.3 is 0 Å². The van der Waals surface area contributed by atoms with Crippen molar-refractivity contribution in [2.75, 3.05) is 23.3 Å². The van der Waals surface area contributed by atoms with Gasteiger partial charge in [0, 0.05) is 30.2 Å². The summed E-state index contributed by atoms with van der Waals surface area (Å²) >= 11 is 0. The Kier molecular flexibility index (Phi) is 6.12. The summed E-state index contributed by atoms with van der Waals surface area (Å²) in [4.78, 5) is 36.8. The van der Waals surface area contributed by atoms with E-state index in [9.17, 15) is 4.79 Å². The van der Waals surface area contributed by atoms with E-state index in [1.165, 1.54) is 19.3 Å². The van der Waals surface area contributed by atoms with Crippen molar-refractivity contribution in [3.05, 3.63) is 79.0 Å². The number of carbonyl (C=O) groups excluding carboxylic acids is 1. The molecule has 1 aliphatic heterocycles. The molecule has 0 saturated carbocycles. The first-order valence-electron chi connectivity index (χ1n) is 13.4. The summed E-state index contributed by atoms with van der Waals surface area (Å²) in [6.07, 6.45) is 12.8. The van der Waals surface area contributed by atoms with E-state index in [-0.39, 0.29) is 5.91 Å². The van der Waals surface area contributed by atoms with Crippen LogP contribution in [0.25, 0.3) is 44.7 Å². The van der Waals surface area contributed by atoms with E-state index in [1.807, 2.05) is 54.9 Å². The second kappa shape index (κ2) is 10.2. The lowest BCUT2D eigenvalue weighted by Crippen LogP contribution is -2.29. The van der Waals surface area contributed by atoms with E-state index in [0.29, 0.717) is 29.3 Å². The molecular formula is C30H27N9O. The standard InChI is InChI=1S/C30H27N9O/c40-27(11-19-7-3-1-4-8-19)34-21-12-20(14-31-15-21)23-13-22-24(17-33-23)37-38-28(22)30-35-25-16-32-18-26(29(25)36-30)39-9-5-2-6-10-39/h1,3-4,7-8,12-18H,2,5-6,9-11H2,(H,34,40)(H,35,36)(H,37,38). The van der Waals surface area contributed by atoms with Gasteiger partial charge in [0.25, 0.3) is 0 Å². The van der Waals surface area contributed by atoms with Crippen LogP contribution in [0.1, 0.15) is 24.8 Å². The van der Waals surface area contributed by atoms with E-state index in [2.05, 4.69) is 40.3 Å². The number of hydrogen-bond acceptors (Lipinski definition) is 7. The molecule has 6 heterocycles. The smallest absolute Gasteiger partial charge is 0.228 e. The molecule has 0 atom stereocenters. The molecule has 3 N–H and O–H groups in total. The molecule has 0 spiro atoms. The number of benzene rings is 1. The fourth-order valence-electron chi connectivity index (χ4n) is 5.29. The maximum absolute atomic E-state index is 12.6. The molecule has 0 bridgehead atoms. The molecule has 1 amide bonds. The highest BCUT2D eigenvalue weighted by Gasteiger charge is 2.19. The normalized spacial score (nSPS) is 13.7. The summed E-state index contributed by atoms with van der Waals surface area (Å²) in [5, 5.41) is 11.5. The molecular weight excluding hydrogens is 502 g/mol. The molecule has 1 aliphatic rings. The van der Waals surface area contributed by atoms with Gasteiger partial charge in [0.2, 0.25) is 5.91 Å². The Morgan fingerprint density at radius 1 is 0.925 bits per heavy atom. The maximum Gasteiger partial charge on any atom is 0.228 e. The van der Waals surface area contributed by atoms with Gasteiger partial charge in [0.05, 0.1) is 59.3 Å². The second-order valence-corrected chi connectivity index (χ2v) is 10.0. The van der Waals surface area contributed by atoms with Crippen molar-refractivity contribution in [2.24, 2.45) is 0 Å². The number of nitrogens with one attached hydrogen (secondary N) is 3. The Morgan fingerprint density at radius 3 is 2.65 bits per heavy atom. The number of aromatic nitrogens is 7. The highest BCUT2D eigenvalue weighted by molar-refractivity contribution is 5.97.